The van der Waals surface area contributed by atoms with Crippen molar-refractivity contribution < 1.29 is 18.7 Å². The van der Waals surface area contributed by atoms with E-state index in [9.17, 15) is 4.79 Å². The SMILES string of the molecule is CCCOC/C=C/C(=O)N1CCC(c2ncc3ncnc(Nc4ccc(Oc5ccn6ncnc6c5)c(C)c4F)c3n2)=C[C@@H]1C. The van der Waals surface area contributed by atoms with E-state index in [1.807, 2.05) is 19.9 Å². The summed E-state index contributed by atoms with van der Waals surface area (Å²) in [5.41, 5.74) is 3.01. The van der Waals surface area contributed by atoms with E-state index >= 15 is 4.39 Å². The van der Waals surface area contributed by atoms with E-state index in [1.54, 1.807) is 65.2 Å². The number of aromatic nitrogens is 7. The lowest BCUT2D eigenvalue weighted by atomic mass is 10.0. The summed E-state index contributed by atoms with van der Waals surface area (Å²) in [4.78, 5) is 36.6. The largest absolute Gasteiger partial charge is 0.457 e. The molecule has 0 spiro atoms. The summed E-state index contributed by atoms with van der Waals surface area (Å²) in [7, 11) is 0. The second kappa shape index (κ2) is 13.1. The van der Waals surface area contributed by atoms with E-state index in [-0.39, 0.29) is 17.6 Å². The molecule has 0 aliphatic carbocycles. The molecule has 1 aliphatic heterocycles. The Morgan fingerprint density at radius 1 is 1.18 bits per heavy atom. The van der Waals surface area contributed by atoms with Crippen LogP contribution in [0.4, 0.5) is 15.9 Å². The predicted octanol–water partition coefficient (Wildman–Crippen LogP) is 5.43. The number of carbonyl (C=O) groups is 1. The molecule has 0 saturated carbocycles. The molecule has 230 valence electrons. The molecular weight excluding hydrogens is 577 g/mol. The predicted molar refractivity (Wildman–Crippen MR) is 167 cm³/mol. The summed E-state index contributed by atoms with van der Waals surface area (Å²) in [5, 5.41) is 7.15. The number of carbonyl (C=O) groups excluding carboxylic acids is 1. The Hall–Kier alpha value is -5.30. The third-order valence-corrected chi connectivity index (χ3v) is 7.40. The highest BCUT2D eigenvalue weighted by Gasteiger charge is 2.24. The first kappa shape index (κ1) is 29.8. The van der Waals surface area contributed by atoms with Crippen LogP contribution in [0.15, 0.2) is 67.5 Å². The van der Waals surface area contributed by atoms with Crippen molar-refractivity contribution in [1.82, 2.24) is 39.4 Å². The number of amides is 1. The third kappa shape index (κ3) is 6.48. The van der Waals surface area contributed by atoms with Crippen LogP contribution in [0.2, 0.25) is 0 Å². The van der Waals surface area contributed by atoms with Crippen molar-refractivity contribution in [1.29, 1.82) is 0 Å². The number of hydrogen-bond acceptors (Lipinski definition) is 10. The van der Waals surface area contributed by atoms with Crippen molar-refractivity contribution in [2.24, 2.45) is 0 Å². The first-order valence-corrected chi connectivity index (χ1v) is 14.7. The number of anilines is 2. The van der Waals surface area contributed by atoms with Crippen molar-refractivity contribution in [2.45, 2.75) is 39.7 Å². The zero-order chi connectivity index (χ0) is 31.3. The van der Waals surface area contributed by atoms with Gasteiger partial charge in [0.15, 0.2) is 23.1 Å². The van der Waals surface area contributed by atoms with Crippen LogP contribution in [-0.4, -0.2) is 71.1 Å². The maximum absolute atomic E-state index is 15.6. The molecule has 6 rings (SSSR count). The number of rotatable bonds is 10. The van der Waals surface area contributed by atoms with Crippen molar-refractivity contribution in [3.05, 3.63) is 84.7 Å². The highest BCUT2D eigenvalue weighted by atomic mass is 19.1. The molecule has 5 aromatic rings. The van der Waals surface area contributed by atoms with Gasteiger partial charge in [0.2, 0.25) is 5.91 Å². The maximum atomic E-state index is 15.6. The Morgan fingerprint density at radius 3 is 2.91 bits per heavy atom. The Bertz CT molecular complexity index is 1920. The molecule has 0 radical (unpaired) electrons. The average Bonchev–Trinajstić information content (AvgIpc) is 3.52. The van der Waals surface area contributed by atoms with Gasteiger partial charge in [-0.05, 0) is 50.5 Å². The Kier molecular flexibility index (Phi) is 8.69. The number of pyridine rings is 1. The average molecular weight is 610 g/mol. The zero-order valence-corrected chi connectivity index (χ0v) is 25.1. The zero-order valence-electron chi connectivity index (χ0n) is 25.1. The van der Waals surface area contributed by atoms with Crippen LogP contribution in [0.1, 0.15) is 38.1 Å². The van der Waals surface area contributed by atoms with Crippen LogP contribution < -0.4 is 10.1 Å². The normalized spacial score (nSPS) is 15.2. The standard InChI is InChI=1S/C32H32FN9O3/c1-4-13-44-14-5-6-28(43)41-11-9-22(15-20(41)2)31-34-17-25-30(40-31)32(37-18-35-25)39-24-7-8-26(21(3)29(24)33)45-23-10-12-42-27(16-23)36-19-38-42/h5-8,10,12,15-20H,4,9,11,13-14H2,1-3H3,(H,35,37,39)/b6-5+/t20-/m0/s1. The molecule has 0 saturated heterocycles. The van der Waals surface area contributed by atoms with Gasteiger partial charge in [0.05, 0.1) is 18.5 Å². The van der Waals surface area contributed by atoms with Crippen LogP contribution >= 0.6 is 0 Å². The summed E-state index contributed by atoms with van der Waals surface area (Å²) >= 11 is 0. The monoisotopic (exact) mass is 609 g/mol. The second-order valence-corrected chi connectivity index (χ2v) is 10.5. The van der Waals surface area contributed by atoms with Crippen LogP contribution in [0.25, 0.3) is 22.3 Å². The number of fused-ring (bicyclic) bond motifs is 2. The van der Waals surface area contributed by atoms with Gasteiger partial charge in [-0.25, -0.2) is 33.8 Å². The van der Waals surface area contributed by atoms with Crippen LogP contribution in [-0.2, 0) is 9.53 Å². The molecule has 0 fully saturated rings. The lowest BCUT2D eigenvalue weighted by Gasteiger charge is -2.31. The van der Waals surface area contributed by atoms with E-state index in [0.29, 0.717) is 71.6 Å². The van der Waals surface area contributed by atoms with Crippen molar-refractivity contribution in [3.63, 3.8) is 0 Å². The fourth-order valence-corrected chi connectivity index (χ4v) is 5.04. The minimum Gasteiger partial charge on any atom is -0.457 e. The molecule has 13 heteroatoms. The molecule has 1 amide bonds. The third-order valence-electron chi connectivity index (χ3n) is 7.40. The minimum absolute atomic E-state index is 0.0673. The summed E-state index contributed by atoms with van der Waals surface area (Å²) in [5.74, 6) is 1.17. The molecular formula is C32H32FN9O3. The van der Waals surface area contributed by atoms with E-state index in [0.717, 1.165) is 12.0 Å². The van der Waals surface area contributed by atoms with Gasteiger partial charge in [0, 0.05) is 43.1 Å². The summed E-state index contributed by atoms with van der Waals surface area (Å²) in [6.45, 7) is 7.24. The molecule has 4 aromatic heterocycles. The molecule has 5 heterocycles. The van der Waals surface area contributed by atoms with E-state index in [1.165, 1.54) is 12.7 Å². The van der Waals surface area contributed by atoms with Crippen LogP contribution in [0, 0.1) is 12.7 Å². The Balaban J connectivity index is 1.20. The second-order valence-electron chi connectivity index (χ2n) is 10.5. The van der Waals surface area contributed by atoms with Gasteiger partial charge in [-0.3, -0.25) is 4.79 Å². The Morgan fingerprint density at radius 2 is 2.07 bits per heavy atom. The topological polar surface area (TPSA) is 133 Å². The van der Waals surface area contributed by atoms with E-state index in [4.69, 9.17) is 14.5 Å². The van der Waals surface area contributed by atoms with Crippen molar-refractivity contribution >= 4 is 39.7 Å². The van der Waals surface area contributed by atoms with Crippen molar-refractivity contribution in [2.75, 3.05) is 25.1 Å². The first-order chi connectivity index (χ1) is 21.9. The molecule has 0 unspecified atom stereocenters. The summed E-state index contributed by atoms with van der Waals surface area (Å²) in [6, 6.07) is 6.58. The summed E-state index contributed by atoms with van der Waals surface area (Å²) < 4.78 is 28.6. The summed E-state index contributed by atoms with van der Waals surface area (Å²) in [6.07, 6.45) is 13.0. The van der Waals surface area contributed by atoms with Crippen LogP contribution in [0.5, 0.6) is 11.5 Å². The van der Waals surface area contributed by atoms with Gasteiger partial charge >= 0.3 is 0 Å². The Labute approximate surface area is 258 Å². The molecule has 12 nitrogen and oxygen atoms in total. The molecule has 1 aliphatic rings. The maximum Gasteiger partial charge on any atom is 0.246 e. The molecule has 0 bridgehead atoms. The number of hydrogen-bond donors (Lipinski definition) is 1. The number of ether oxygens (including phenoxy) is 2. The van der Waals surface area contributed by atoms with Gasteiger partial charge in [0.1, 0.15) is 35.2 Å². The number of halogens is 1. The van der Waals surface area contributed by atoms with Gasteiger partial charge in [0.25, 0.3) is 0 Å². The van der Waals surface area contributed by atoms with Crippen LogP contribution in [0.3, 0.4) is 0 Å². The fraction of sp³-hybridized carbons (Fsp3) is 0.281. The first-order valence-electron chi connectivity index (χ1n) is 14.7. The quantitative estimate of drug-likeness (QED) is 0.161. The molecule has 1 atom stereocenters. The van der Waals surface area contributed by atoms with E-state index in [2.05, 4.69) is 30.4 Å². The highest BCUT2D eigenvalue weighted by Crippen LogP contribution is 2.33. The lowest BCUT2D eigenvalue weighted by Crippen LogP contribution is -2.40. The van der Waals surface area contributed by atoms with E-state index < -0.39 is 5.82 Å². The number of benzene rings is 1. The molecule has 1 N–H and O–H groups in total. The molecule has 1 aromatic carbocycles. The number of nitrogens with zero attached hydrogens (tertiary/aromatic N) is 8. The van der Waals surface area contributed by atoms with Crippen molar-refractivity contribution in [3.8, 4) is 11.5 Å². The van der Waals surface area contributed by atoms with Gasteiger partial charge < -0.3 is 19.7 Å². The molecule has 45 heavy (non-hydrogen) atoms. The van der Waals surface area contributed by atoms with Gasteiger partial charge in [-0.1, -0.05) is 19.1 Å². The fourth-order valence-electron chi connectivity index (χ4n) is 5.04. The lowest BCUT2D eigenvalue weighted by molar-refractivity contribution is -0.127. The van der Waals surface area contributed by atoms with Gasteiger partial charge in [-0.2, -0.15) is 5.10 Å². The van der Waals surface area contributed by atoms with Gasteiger partial charge in [-0.15, -0.1) is 0 Å². The minimum atomic E-state index is -0.489. The number of nitrogens with one attached hydrogen (secondary N) is 1. The smallest absolute Gasteiger partial charge is 0.246 e. The highest BCUT2D eigenvalue weighted by molar-refractivity contribution is 5.89.